The predicted octanol–water partition coefficient (Wildman–Crippen LogP) is 4.82. The van der Waals surface area contributed by atoms with Crippen LogP contribution in [0.3, 0.4) is 0 Å². The van der Waals surface area contributed by atoms with E-state index in [1.165, 1.54) is 16.0 Å². The van der Waals surface area contributed by atoms with E-state index in [0.717, 1.165) is 24.2 Å². The van der Waals surface area contributed by atoms with Crippen LogP contribution in [0.15, 0.2) is 71.0 Å². The summed E-state index contributed by atoms with van der Waals surface area (Å²) in [5, 5.41) is 8.62. The third kappa shape index (κ3) is 6.54. The Hall–Kier alpha value is -2.39. The van der Waals surface area contributed by atoms with E-state index in [-0.39, 0.29) is 36.4 Å². The Bertz CT molecular complexity index is 1020. The number of hydrogen-bond acceptors (Lipinski definition) is 3. The van der Waals surface area contributed by atoms with E-state index in [9.17, 15) is 4.79 Å². The molecule has 0 bridgehead atoms. The van der Waals surface area contributed by atoms with Crippen LogP contribution in [0.1, 0.15) is 21.6 Å². The van der Waals surface area contributed by atoms with Gasteiger partial charge in [-0.2, -0.15) is 0 Å². The highest BCUT2D eigenvalue weighted by Gasteiger charge is 2.21. The molecule has 1 amide bonds. The molecule has 2 aromatic carbocycles. The zero-order chi connectivity index (χ0) is 20.8. The highest BCUT2D eigenvalue weighted by molar-refractivity contribution is 14.0. The Morgan fingerprint density at radius 2 is 1.87 bits per heavy atom. The Kier molecular flexibility index (Phi) is 8.48. The molecule has 0 radical (unpaired) electrons. The molecule has 0 unspecified atom stereocenters. The number of para-hydroxylation sites is 1. The van der Waals surface area contributed by atoms with Gasteiger partial charge < -0.3 is 15.5 Å². The maximum Gasteiger partial charge on any atom is 0.242 e. The largest absolute Gasteiger partial charge is 0.347 e. The summed E-state index contributed by atoms with van der Waals surface area (Å²) in [6.45, 7) is 4.30. The van der Waals surface area contributed by atoms with Gasteiger partial charge in [-0.25, -0.2) is 4.99 Å². The maximum absolute atomic E-state index is 12.8. The number of rotatable bonds is 5. The monoisotopic (exact) mass is 546 g/mol. The molecule has 1 aromatic heterocycles. The van der Waals surface area contributed by atoms with Crippen LogP contribution in [0.4, 0.5) is 5.69 Å². The summed E-state index contributed by atoms with van der Waals surface area (Å²) in [6, 6.07) is 20.3. The molecule has 5 nitrogen and oxygen atoms in total. The van der Waals surface area contributed by atoms with E-state index in [1.54, 1.807) is 11.3 Å². The third-order valence-corrected chi connectivity index (χ3v) is 6.17. The molecule has 4 rings (SSSR count). The number of aliphatic imine (C=N–C) groups is 1. The van der Waals surface area contributed by atoms with E-state index in [1.807, 2.05) is 35.2 Å². The fourth-order valence-electron chi connectivity index (χ4n) is 3.39. The molecule has 0 saturated heterocycles. The summed E-state index contributed by atoms with van der Waals surface area (Å²) in [6.07, 6.45) is 0.940. The molecule has 1 aliphatic heterocycles. The minimum Gasteiger partial charge on any atom is -0.347 e. The first kappa shape index (κ1) is 23.3. The van der Waals surface area contributed by atoms with Crippen molar-refractivity contribution in [1.29, 1.82) is 0 Å². The Morgan fingerprint density at radius 3 is 2.65 bits per heavy atom. The molecule has 0 saturated carbocycles. The van der Waals surface area contributed by atoms with Gasteiger partial charge in [-0.3, -0.25) is 4.79 Å². The molecule has 0 aliphatic carbocycles. The molecule has 0 atom stereocenters. The number of fused-ring (bicyclic) bond motifs is 1. The van der Waals surface area contributed by atoms with Crippen LogP contribution in [0.2, 0.25) is 0 Å². The molecular formula is C24H27IN4OS. The molecule has 2 heterocycles. The second kappa shape index (κ2) is 11.3. The number of hydrogen-bond donors (Lipinski definition) is 2. The van der Waals surface area contributed by atoms with Crippen LogP contribution in [-0.4, -0.2) is 29.9 Å². The van der Waals surface area contributed by atoms with E-state index in [4.69, 9.17) is 0 Å². The summed E-state index contributed by atoms with van der Waals surface area (Å²) in [5.41, 5.74) is 4.56. The van der Waals surface area contributed by atoms with Gasteiger partial charge in [0.1, 0.15) is 0 Å². The molecule has 7 heteroatoms. The fraction of sp³-hybridized carbons (Fsp3) is 0.250. The molecule has 0 fully saturated rings. The number of thiophene rings is 1. The van der Waals surface area contributed by atoms with Crippen molar-refractivity contribution in [2.75, 3.05) is 18.4 Å². The lowest BCUT2D eigenvalue weighted by Gasteiger charge is -2.27. The van der Waals surface area contributed by atoms with Gasteiger partial charge >= 0.3 is 0 Å². The van der Waals surface area contributed by atoms with E-state index in [2.05, 4.69) is 58.3 Å². The van der Waals surface area contributed by atoms with E-state index >= 15 is 0 Å². The lowest BCUT2D eigenvalue weighted by molar-refractivity contribution is -0.130. The molecular weight excluding hydrogens is 519 g/mol. The van der Waals surface area contributed by atoms with Crippen molar-refractivity contribution < 1.29 is 4.79 Å². The Balaban J connectivity index is 0.00000272. The third-order valence-electron chi connectivity index (χ3n) is 5.14. The van der Waals surface area contributed by atoms with Gasteiger partial charge in [0.15, 0.2) is 5.96 Å². The first-order chi connectivity index (χ1) is 14.7. The Morgan fingerprint density at radius 1 is 1.10 bits per heavy atom. The van der Waals surface area contributed by atoms with Gasteiger partial charge in [-0.15, -0.1) is 35.3 Å². The number of anilines is 1. The van der Waals surface area contributed by atoms with Crippen molar-refractivity contribution in [3.05, 3.63) is 87.6 Å². The van der Waals surface area contributed by atoms with E-state index in [0.29, 0.717) is 19.0 Å². The molecule has 1 aliphatic rings. The quantitative estimate of drug-likeness (QED) is 0.274. The van der Waals surface area contributed by atoms with Crippen LogP contribution in [-0.2, 0) is 24.3 Å². The number of carbonyl (C=O) groups excluding carboxylic acids is 1. The van der Waals surface area contributed by atoms with Crippen molar-refractivity contribution in [2.24, 2.45) is 4.99 Å². The average molecular weight is 546 g/mol. The first-order valence-corrected chi connectivity index (χ1v) is 11.0. The Labute approximate surface area is 204 Å². The highest BCUT2D eigenvalue weighted by Crippen LogP contribution is 2.23. The second-order valence-electron chi connectivity index (χ2n) is 7.43. The summed E-state index contributed by atoms with van der Waals surface area (Å²) >= 11 is 1.78. The fourth-order valence-corrected chi connectivity index (χ4v) is 4.28. The SMILES string of the molecule is Cc1ccc(CN=C(NCC(=O)N2CCc3sccc3C2)Nc2ccccc2)cc1.I. The number of guanidine groups is 1. The van der Waals surface area contributed by atoms with Crippen LogP contribution < -0.4 is 10.6 Å². The van der Waals surface area contributed by atoms with Gasteiger partial charge in [0, 0.05) is 23.7 Å². The summed E-state index contributed by atoms with van der Waals surface area (Å²) in [5.74, 6) is 0.688. The number of benzene rings is 2. The number of halogens is 1. The zero-order valence-electron chi connectivity index (χ0n) is 17.5. The van der Waals surface area contributed by atoms with Gasteiger partial charge in [-0.1, -0.05) is 48.0 Å². The number of nitrogens with one attached hydrogen (secondary N) is 2. The topological polar surface area (TPSA) is 56.7 Å². The number of carbonyl (C=O) groups is 1. The maximum atomic E-state index is 12.8. The summed E-state index contributed by atoms with van der Waals surface area (Å²) in [7, 11) is 0. The molecule has 0 spiro atoms. The van der Waals surface area contributed by atoms with Crippen LogP contribution in [0.25, 0.3) is 0 Å². The van der Waals surface area contributed by atoms with Gasteiger partial charge in [-0.05, 0) is 48.1 Å². The molecule has 31 heavy (non-hydrogen) atoms. The summed E-state index contributed by atoms with van der Waals surface area (Å²) < 4.78 is 0. The molecule has 3 aromatic rings. The first-order valence-electron chi connectivity index (χ1n) is 10.2. The van der Waals surface area contributed by atoms with Crippen molar-refractivity contribution in [3.8, 4) is 0 Å². The zero-order valence-corrected chi connectivity index (χ0v) is 20.7. The average Bonchev–Trinajstić information content (AvgIpc) is 3.25. The van der Waals surface area contributed by atoms with Crippen LogP contribution >= 0.6 is 35.3 Å². The van der Waals surface area contributed by atoms with Crippen LogP contribution in [0, 0.1) is 6.92 Å². The predicted molar refractivity (Wildman–Crippen MR) is 139 cm³/mol. The lowest BCUT2D eigenvalue weighted by Crippen LogP contribution is -2.43. The van der Waals surface area contributed by atoms with Crippen molar-refractivity contribution in [3.63, 3.8) is 0 Å². The minimum atomic E-state index is 0. The van der Waals surface area contributed by atoms with Crippen molar-refractivity contribution in [2.45, 2.75) is 26.4 Å². The van der Waals surface area contributed by atoms with Gasteiger partial charge in [0.25, 0.3) is 0 Å². The lowest BCUT2D eigenvalue weighted by atomic mass is 10.1. The van der Waals surface area contributed by atoms with Crippen LogP contribution in [0.5, 0.6) is 0 Å². The minimum absolute atomic E-state index is 0. The number of aryl methyl sites for hydroxylation is 1. The number of amides is 1. The second-order valence-corrected chi connectivity index (χ2v) is 8.43. The van der Waals surface area contributed by atoms with E-state index < -0.39 is 0 Å². The van der Waals surface area contributed by atoms with Gasteiger partial charge in [0.2, 0.25) is 5.91 Å². The molecule has 2 N–H and O–H groups in total. The van der Waals surface area contributed by atoms with Crippen molar-refractivity contribution in [1.82, 2.24) is 10.2 Å². The smallest absolute Gasteiger partial charge is 0.242 e. The summed E-state index contributed by atoms with van der Waals surface area (Å²) in [4.78, 5) is 20.8. The highest BCUT2D eigenvalue weighted by atomic mass is 127. The number of nitrogens with zero attached hydrogens (tertiary/aromatic N) is 2. The standard InChI is InChI=1S/C24H26N4OS.HI/c1-18-7-9-19(10-8-18)15-25-24(27-21-5-3-2-4-6-21)26-16-23(29)28-13-11-22-20(17-28)12-14-30-22;/h2-10,12,14H,11,13,15-17H2,1H3,(H2,25,26,27);1H. The van der Waals surface area contributed by atoms with Crippen molar-refractivity contribution >= 4 is 52.9 Å². The molecule has 162 valence electrons. The normalized spacial score (nSPS) is 13.2. The van der Waals surface area contributed by atoms with Gasteiger partial charge in [0.05, 0.1) is 13.1 Å².